The lowest BCUT2D eigenvalue weighted by Crippen LogP contribution is -2.42. The molecule has 1 atom stereocenters. The van der Waals surface area contributed by atoms with Crippen LogP contribution in [0.1, 0.15) is 6.92 Å². The van der Waals surface area contributed by atoms with Crippen molar-refractivity contribution in [1.82, 2.24) is 0 Å². The molecule has 1 aliphatic rings. The molecule has 1 heterocycles. The summed E-state index contributed by atoms with van der Waals surface area (Å²) in [7, 11) is 1.64. The van der Waals surface area contributed by atoms with Crippen LogP contribution >= 0.6 is 0 Å². The lowest BCUT2D eigenvalue weighted by molar-refractivity contribution is -0.384. The Hall–Kier alpha value is -3.62. The molecule has 140 valence electrons. The molecule has 0 saturated heterocycles. The molecule has 2 aromatic rings. The van der Waals surface area contributed by atoms with Crippen LogP contribution in [0.5, 0.6) is 11.5 Å². The minimum atomic E-state index is -0.557. The Balaban J connectivity index is 1.61. The normalized spacial score (nSPS) is 15.6. The highest BCUT2D eigenvalue weighted by Gasteiger charge is 2.29. The van der Waals surface area contributed by atoms with Crippen LogP contribution in [0.15, 0.2) is 42.5 Å². The van der Waals surface area contributed by atoms with Crippen molar-refractivity contribution >= 4 is 28.9 Å². The summed E-state index contributed by atoms with van der Waals surface area (Å²) in [4.78, 5) is 35.6. The monoisotopic (exact) mass is 371 g/mol. The first-order valence-electron chi connectivity index (χ1n) is 8.10. The van der Waals surface area contributed by atoms with Gasteiger partial charge in [0.05, 0.1) is 10.6 Å². The number of amides is 2. The van der Waals surface area contributed by atoms with Crippen molar-refractivity contribution in [1.29, 1.82) is 0 Å². The predicted octanol–water partition coefficient (Wildman–Crippen LogP) is 2.36. The van der Waals surface area contributed by atoms with Gasteiger partial charge in [-0.25, -0.2) is 0 Å². The molecular weight excluding hydrogens is 354 g/mol. The third-order valence-electron chi connectivity index (χ3n) is 4.00. The van der Waals surface area contributed by atoms with Crippen LogP contribution < -0.4 is 19.7 Å². The number of rotatable bonds is 5. The van der Waals surface area contributed by atoms with E-state index < -0.39 is 16.9 Å². The Bertz CT molecular complexity index is 896. The molecule has 0 radical (unpaired) electrons. The first kappa shape index (κ1) is 18.2. The third-order valence-corrected chi connectivity index (χ3v) is 4.00. The van der Waals surface area contributed by atoms with Crippen LogP contribution in [0.25, 0.3) is 0 Å². The van der Waals surface area contributed by atoms with E-state index in [1.54, 1.807) is 32.2 Å². The fourth-order valence-corrected chi connectivity index (χ4v) is 2.60. The summed E-state index contributed by atoms with van der Waals surface area (Å²) in [5, 5.41) is 13.3. The van der Waals surface area contributed by atoms with Gasteiger partial charge < -0.3 is 19.7 Å². The third kappa shape index (κ3) is 3.97. The van der Waals surface area contributed by atoms with Crippen LogP contribution in [0, 0.1) is 10.1 Å². The second kappa shape index (κ2) is 7.32. The van der Waals surface area contributed by atoms with Crippen molar-refractivity contribution in [2.45, 2.75) is 13.0 Å². The molecule has 2 aromatic carbocycles. The number of fused-ring (bicyclic) bond motifs is 1. The van der Waals surface area contributed by atoms with Gasteiger partial charge in [-0.1, -0.05) is 0 Å². The average Bonchev–Trinajstić information content (AvgIpc) is 2.65. The van der Waals surface area contributed by atoms with E-state index in [2.05, 4.69) is 5.32 Å². The summed E-state index contributed by atoms with van der Waals surface area (Å²) < 4.78 is 10.8. The molecule has 27 heavy (non-hydrogen) atoms. The highest BCUT2D eigenvalue weighted by molar-refractivity contribution is 6.00. The fraction of sp³-hybridized carbons (Fsp3) is 0.222. The lowest BCUT2D eigenvalue weighted by atomic mass is 10.2. The molecule has 9 nitrogen and oxygen atoms in total. The fourth-order valence-electron chi connectivity index (χ4n) is 2.60. The Labute approximate surface area is 154 Å². The first-order chi connectivity index (χ1) is 12.8. The molecule has 0 aromatic heterocycles. The number of carbonyl (C=O) groups is 2. The van der Waals surface area contributed by atoms with Crippen LogP contribution in [-0.4, -0.2) is 36.5 Å². The molecule has 1 N–H and O–H groups in total. The molecule has 0 bridgehead atoms. The van der Waals surface area contributed by atoms with Gasteiger partial charge in [0.25, 0.3) is 17.5 Å². The molecule has 0 aliphatic carbocycles. The average molecular weight is 371 g/mol. The lowest BCUT2D eigenvalue weighted by Gasteiger charge is -2.30. The second-order valence-electron chi connectivity index (χ2n) is 5.93. The van der Waals surface area contributed by atoms with Crippen molar-refractivity contribution in [2.24, 2.45) is 0 Å². The van der Waals surface area contributed by atoms with E-state index in [1.807, 2.05) is 0 Å². The molecule has 1 unspecified atom stereocenters. The number of likely N-dealkylation sites (N-methyl/N-ethyl adjacent to an activating group) is 1. The number of nitro groups is 1. The summed E-state index contributed by atoms with van der Waals surface area (Å²) >= 11 is 0. The van der Waals surface area contributed by atoms with Crippen LogP contribution in [0.3, 0.4) is 0 Å². The van der Waals surface area contributed by atoms with Gasteiger partial charge in [0.1, 0.15) is 11.5 Å². The number of hydrogen-bond donors (Lipinski definition) is 1. The molecule has 0 fully saturated rings. The standard InChI is InChI=1S/C18H17N3O6/c1-11-18(23)20(2)15-9-12(3-8-16(15)27-11)19-17(22)10-26-14-6-4-13(5-7-14)21(24)25/h3-9,11H,10H2,1-2H3,(H,19,22). The van der Waals surface area contributed by atoms with E-state index in [0.717, 1.165) is 0 Å². The van der Waals surface area contributed by atoms with E-state index in [0.29, 0.717) is 22.9 Å². The van der Waals surface area contributed by atoms with Crippen molar-refractivity contribution in [3.05, 3.63) is 52.6 Å². The van der Waals surface area contributed by atoms with Crippen LogP contribution in [0.2, 0.25) is 0 Å². The number of non-ortho nitro benzene ring substituents is 1. The molecule has 9 heteroatoms. The highest BCUT2D eigenvalue weighted by Crippen LogP contribution is 2.35. The van der Waals surface area contributed by atoms with E-state index in [1.165, 1.54) is 29.2 Å². The Morgan fingerprint density at radius 1 is 1.30 bits per heavy atom. The SMILES string of the molecule is CC1Oc2ccc(NC(=O)COc3ccc([N+](=O)[O-])cc3)cc2N(C)C1=O. The maximum absolute atomic E-state index is 12.1. The number of hydrogen-bond acceptors (Lipinski definition) is 6. The van der Waals surface area contributed by atoms with Gasteiger partial charge >= 0.3 is 0 Å². The van der Waals surface area contributed by atoms with Crippen LogP contribution in [-0.2, 0) is 9.59 Å². The smallest absolute Gasteiger partial charge is 0.269 e. The Kier molecular flexibility index (Phi) is 4.93. The zero-order chi connectivity index (χ0) is 19.6. The van der Waals surface area contributed by atoms with Gasteiger partial charge in [0.2, 0.25) is 0 Å². The summed E-state index contributed by atoms with van der Waals surface area (Å²) in [6.07, 6.45) is -0.557. The van der Waals surface area contributed by atoms with Crippen molar-refractivity contribution in [2.75, 3.05) is 23.9 Å². The number of ether oxygens (including phenoxy) is 2. The quantitative estimate of drug-likeness (QED) is 0.638. The number of anilines is 2. The highest BCUT2D eigenvalue weighted by atomic mass is 16.6. The Morgan fingerprint density at radius 3 is 2.67 bits per heavy atom. The topological polar surface area (TPSA) is 111 Å². The number of nitrogens with zero attached hydrogens (tertiary/aromatic N) is 2. The maximum Gasteiger partial charge on any atom is 0.269 e. The largest absolute Gasteiger partial charge is 0.484 e. The molecule has 1 aliphatic heterocycles. The molecular formula is C18H17N3O6. The number of nitro benzene ring substituents is 1. The Morgan fingerprint density at radius 2 is 2.00 bits per heavy atom. The second-order valence-corrected chi connectivity index (χ2v) is 5.93. The number of nitrogens with one attached hydrogen (secondary N) is 1. The van der Waals surface area contributed by atoms with Gasteiger partial charge in [0, 0.05) is 24.9 Å². The molecule has 0 saturated carbocycles. The summed E-state index contributed by atoms with van der Waals surface area (Å²) in [6, 6.07) is 10.4. The zero-order valence-corrected chi connectivity index (χ0v) is 14.7. The van der Waals surface area contributed by atoms with E-state index in [-0.39, 0.29) is 18.2 Å². The van der Waals surface area contributed by atoms with E-state index in [4.69, 9.17) is 9.47 Å². The van der Waals surface area contributed by atoms with E-state index >= 15 is 0 Å². The van der Waals surface area contributed by atoms with Gasteiger partial charge in [-0.3, -0.25) is 19.7 Å². The summed E-state index contributed by atoms with van der Waals surface area (Å²) in [5.41, 5.74) is 0.993. The van der Waals surface area contributed by atoms with Crippen molar-refractivity contribution in [3.63, 3.8) is 0 Å². The molecule has 3 rings (SSSR count). The number of carbonyl (C=O) groups excluding carboxylic acids is 2. The molecule has 0 spiro atoms. The van der Waals surface area contributed by atoms with Gasteiger partial charge in [-0.2, -0.15) is 0 Å². The first-order valence-corrected chi connectivity index (χ1v) is 8.10. The maximum atomic E-state index is 12.1. The van der Waals surface area contributed by atoms with Crippen molar-refractivity contribution < 1.29 is 24.0 Å². The zero-order valence-electron chi connectivity index (χ0n) is 14.7. The van der Waals surface area contributed by atoms with E-state index in [9.17, 15) is 19.7 Å². The minimum absolute atomic E-state index is 0.0592. The summed E-state index contributed by atoms with van der Waals surface area (Å²) in [6.45, 7) is 1.41. The summed E-state index contributed by atoms with van der Waals surface area (Å²) in [5.74, 6) is 0.318. The van der Waals surface area contributed by atoms with Crippen molar-refractivity contribution in [3.8, 4) is 11.5 Å². The number of benzene rings is 2. The molecule has 2 amide bonds. The van der Waals surface area contributed by atoms with Crippen LogP contribution in [0.4, 0.5) is 17.1 Å². The van der Waals surface area contributed by atoms with Gasteiger partial charge in [-0.15, -0.1) is 0 Å². The minimum Gasteiger partial charge on any atom is -0.484 e. The predicted molar refractivity (Wildman–Crippen MR) is 97.2 cm³/mol. The van der Waals surface area contributed by atoms with Gasteiger partial charge in [0.15, 0.2) is 12.7 Å². The van der Waals surface area contributed by atoms with Gasteiger partial charge in [-0.05, 0) is 37.3 Å².